The molecule has 1 N–H and O–H groups in total. The predicted molar refractivity (Wildman–Crippen MR) is 98.6 cm³/mol. The summed E-state index contributed by atoms with van der Waals surface area (Å²) in [5.41, 5.74) is 0.618. The van der Waals surface area contributed by atoms with Gasteiger partial charge in [0.1, 0.15) is 5.82 Å². The maximum Gasteiger partial charge on any atom is 0.188 e. The second-order valence-corrected chi connectivity index (χ2v) is 6.76. The number of hydrogen-bond acceptors (Lipinski definition) is 3. The third kappa shape index (κ3) is 2.52. The molecule has 1 fully saturated rings. The average Bonchev–Trinajstić information content (AvgIpc) is 2.57. The minimum atomic E-state index is -0.796. The fraction of sp³-hybridized carbons (Fsp3) is 0.316. The lowest BCUT2D eigenvalue weighted by molar-refractivity contribution is 0.0452. The molecule has 4 nitrogen and oxygen atoms in total. The van der Waals surface area contributed by atoms with Crippen LogP contribution in [0, 0.1) is 5.82 Å². The van der Waals surface area contributed by atoms with Crippen molar-refractivity contribution in [3.8, 4) is 11.5 Å². The molecule has 0 saturated carbocycles. The maximum absolute atomic E-state index is 14.4. The number of thiocarbonyl (C=S) groups is 1. The second-order valence-electron chi connectivity index (χ2n) is 6.38. The molecule has 2 aromatic carbocycles. The first-order valence-electron chi connectivity index (χ1n) is 8.33. The summed E-state index contributed by atoms with van der Waals surface area (Å²) >= 11 is 5.55. The predicted octanol–water partition coefficient (Wildman–Crippen LogP) is 4.16. The van der Waals surface area contributed by atoms with E-state index < -0.39 is 5.72 Å². The number of para-hydroxylation sites is 2. The van der Waals surface area contributed by atoms with E-state index >= 15 is 0 Å². The smallest absolute Gasteiger partial charge is 0.188 e. The molecular weight excluding hydrogens is 339 g/mol. The van der Waals surface area contributed by atoms with Crippen LogP contribution < -0.4 is 19.7 Å². The van der Waals surface area contributed by atoms with Crippen LogP contribution >= 0.6 is 12.2 Å². The van der Waals surface area contributed by atoms with E-state index in [2.05, 4.69) is 5.32 Å². The molecule has 2 atom stereocenters. The Hall–Kier alpha value is -2.34. The first-order chi connectivity index (χ1) is 12.0. The summed E-state index contributed by atoms with van der Waals surface area (Å²) in [6.45, 7) is 4.42. The molecule has 2 heterocycles. The van der Waals surface area contributed by atoms with Gasteiger partial charge in [0.15, 0.2) is 22.3 Å². The van der Waals surface area contributed by atoms with Gasteiger partial charge in [-0.15, -0.1) is 0 Å². The molecule has 1 saturated heterocycles. The monoisotopic (exact) mass is 358 g/mol. The number of hydrogen-bond donors (Lipinski definition) is 1. The van der Waals surface area contributed by atoms with Crippen LogP contribution in [-0.4, -0.2) is 17.4 Å². The minimum absolute atomic E-state index is 0.00433. The van der Waals surface area contributed by atoms with E-state index in [4.69, 9.17) is 21.7 Å². The molecule has 130 valence electrons. The fourth-order valence-electron chi connectivity index (χ4n) is 3.63. The van der Waals surface area contributed by atoms with Crippen molar-refractivity contribution >= 4 is 23.0 Å². The summed E-state index contributed by atoms with van der Waals surface area (Å²) < 4.78 is 26.5. The van der Waals surface area contributed by atoms with Gasteiger partial charge in [-0.1, -0.05) is 24.3 Å². The summed E-state index contributed by atoms with van der Waals surface area (Å²) in [4.78, 5) is 1.72. The number of benzene rings is 2. The molecule has 25 heavy (non-hydrogen) atoms. The standard InChI is InChI=1S/C19H19FN2O2S/c1-3-23-16-10-6-7-12-14-11-19(2,24-17(12)16)22(18(25)21-14)15-9-5-4-8-13(15)20/h4-10,14H,3,11H2,1-2H3,(H,21,25)/t14-,19-/m1/s1. The first-order valence-corrected chi connectivity index (χ1v) is 8.74. The lowest BCUT2D eigenvalue weighted by Gasteiger charge is -2.52. The van der Waals surface area contributed by atoms with Crippen LogP contribution in [0.1, 0.15) is 31.9 Å². The van der Waals surface area contributed by atoms with Crippen molar-refractivity contribution in [1.29, 1.82) is 0 Å². The molecule has 2 aliphatic rings. The minimum Gasteiger partial charge on any atom is -0.490 e. The van der Waals surface area contributed by atoms with Crippen molar-refractivity contribution < 1.29 is 13.9 Å². The van der Waals surface area contributed by atoms with Crippen molar-refractivity contribution in [3.63, 3.8) is 0 Å². The molecule has 0 aromatic heterocycles. The molecule has 4 rings (SSSR count). The van der Waals surface area contributed by atoms with Crippen molar-refractivity contribution in [2.75, 3.05) is 11.5 Å². The SMILES string of the molecule is CCOc1cccc2c1O[C@]1(C)C[C@H]2NC(=S)N1c1ccccc1F. The second kappa shape index (κ2) is 5.88. The summed E-state index contributed by atoms with van der Waals surface area (Å²) in [7, 11) is 0. The average molecular weight is 358 g/mol. The number of nitrogens with one attached hydrogen (secondary N) is 1. The van der Waals surface area contributed by atoms with Gasteiger partial charge in [0, 0.05) is 12.0 Å². The van der Waals surface area contributed by atoms with Crippen molar-refractivity contribution in [2.24, 2.45) is 0 Å². The Labute approximate surface area is 151 Å². The number of nitrogens with zero attached hydrogens (tertiary/aromatic N) is 1. The highest BCUT2D eigenvalue weighted by Crippen LogP contribution is 2.49. The highest BCUT2D eigenvalue weighted by atomic mass is 32.1. The van der Waals surface area contributed by atoms with Gasteiger partial charge < -0.3 is 14.8 Å². The quantitative estimate of drug-likeness (QED) is 0.834. The van der Waals surface area contributed by atoms with Gasteiger partial charge in [0.2, 0.25) is 0 Å². The zero-order valence-electron chi connectivity index (χ0n) is 14.1. The molecule has 2 aromatic rings. The lowest BCUT2D eigenvalue weighted by Crippen LogP contribution is -2.65. The zero-order valence-corrected chi connectivity index (χ0v) is 14.9. The number of halogens is 1. The zero-order chi connectivity index (χ0) is 17.6. The highest BCUT2D eigenvalue weighted by molar-refractivity contribution is 7.80. The summed E-state index contributed by atoms with van der Waals surface area (Å²) in [5, 5.41) is 3.78. The van der Waals surface area contributed by atoms with E-state index in [-0.39, 0.29) is 11.9 Å². The number of fused-ring (bicyclic) bond motifs is 4. The van der Waals surface area contributed by atoms with Gasteiger partial charge in [-0.25, -0.2) is 4.39 Å². The largest absolute Gasteiger partial charge is 0.490 e. The maximum atomic E-state index is 14.4. The Kier molecular flexibility index (Phi) is 3.80. The Balaban J connectivity index is 1.82. The molecule has 0 spiro atoms. The van der Waals surface area contributed by atoms with Crippen LogP contribution in [-0.2, 0) is 0 Å². The highest BCUT2D eigenvalue weighted by Gasteiger charge is 2.49. The van der Waals surface area contributed by atoms with Crippen molar-refractivity contribution in [3.05, 3.63) is 53.8 Å². The first kappa shape index (κ1) is 16.1. The van der Waals surface area contributed by atoms with Gasteiger partial charge in [-0.05, 0) is 44.3 Å². The fourth-order valence-corrected chi connectivity index (χ4v) is 4.06. The van der Waals surface area contributed by atoms with E-state index in [1.807, 2.05) is 32.0 Å². The third-order valence-corrected chi connectivity index (χ3v) is 4.96. The summed E-state index contributed by atoms with van der Waals surface area (Å²) in [6, 6.07) is 12.4. The van der Waals surface area contributed by atoms with Crippen LogP contribution in [0.3, 0.4) is 0 Å². The molecular formula is C19H19FN2O2S. The van der Waals surface area contributed by atoms with Crippen molar-refractivity contribution in [2.45, 2.75) is 32.0 Å². The van der Waals surface area contributed by atoms with Gasteiger partial charge in [-0.3, -0.25) is 4.90 Å². The van der Waals surface area contributed by atoms with Crippen LogP contribution in [0.15, 0.2) is 42.5 Å². The Morgan fingerprint density at radius 3 is 2.88 bits per heavy atom. The van der Waals surface area contributed by atoms with Gasteiger partial charge in [0.25, 0.3) is 0 Å². The molecule has 0 unspecified atom stereocenters. The molecule has 2 bridgehead atoms. The normalized spacial score (nSPS) is 24.2. The van der Waals surface area contributed by atoms with Crippen LogP contribution in [0.2, 0.25) is 0 Å². The topological polar surface area (TPSA) is 33.7 Å². The summed E-state index contributed by atoms with van der Waals surface area (Å²) in [6.07, 6.45) is 0.643. The molecule has 0 amide bonds. The Morgan fingerprint density at radius 2 is 2.12 bits per heavy atom. The van der Waals surface area contributed by atoms with Crippen molar-refractivity contribution in [1.82, 2.24) is 5.32 Å². The van der Waals surface area contributed by atoms with E-state index in [1.54, 1.807) is 23.1 Å². The van der Waals surface area contributed by atoms with Gasteiger partial charge >= 0.3 is 0 Å². The van der Waals surface area contributed by atoms with Crippen LogP contribution in [0.5, 0.6) is 11.5 Å². The van der Waals surface area contributed by atoms with Crippen LogP contribution in [0.4, 0.5) is 10.1 Å². The Morgan fingerprint density at radius 1 is 1.32 bits per heavy atom. The lowest BCUT2D eigenvalue weighted by atomic mass is 9.90. The van der Waals surface area contributed by atoms with Gasteiger partial charge in [-0.2, -0.15) is 0 Å². The molecule has 2 aliphatic heterocycles. The van der Waals surface area contributed by atoms with E-state index in [0.717, 1.165) is 5.56 Å². The molecule has 0 radical (unpaired) electrons. The number of ether oxygens (including phenoxy) is 2. The van der Waals surface area contributed by atoms with Crippen LogP contribution in [0.25, 0.3) is 0 Å². The van der Waals surface area contributed by atoms with Gasteiger partial charge in [0.05, 0.1) is 18.3 Å². The summed E-state index contributed by atoms with van der Waals surface area (Å²) in [5.74, 6) is 1.05. The molecule has 0 aliphatic carbocycles. The number of rotatable bonds is 3. The molecule has 6 heteroatoms. The Bertz CT molecular complexity index is 844. The third-order valence-electron chi connectivity index (χ3n) is 4.66. The number of anilines is 1. The van der Waals surface area contributed by atoms with E-state index in [1.165, 1.54) is 6.07 Å². The van der Waals surface area contributed by atoms with E-state index in [9.17, 15) is 4.39 Å². The van der Waals surface area contributed by atoms with E-state index in [0.29, 0.717) is 35.3 Å².